The summed E-state index contributed by atoms with van der Waals surface area (Å²) < 4.78 is 5.31. The first-order chi connectivity index (χ1) is 32.0. The minimum Gasteiger partial charge on any atom is -0.310 e. The molecule has 0 bridgehead atoms. The monoisotopic (exact) mass is 826 g/mol. The summed E-state index contributed by atoms with van der Waals surface area (Å²) in [4.78, 5) is 0. The number of benzene rings is 10. The first-order valence-corrected chi connectivity index (χ1v) is 23.1. The molecule has 14 rings (SSSR count). The van der Waals surface area contributed by atoms with Crippen molar-refractivity contribution in [3.8, 4) is 56.0 Å². The van der Waals surface area contributed by atoms with Crippen molar-refractivity contribution in [1.29, 1.82) is 0 Å². The van der Waals surface area contributed by atoms with Crippen LogP contribution in [-0.4, -0.2) is 15.8 Å². The topological polar surface area (TPSA) is 9.86 Å². The van der Waals surface area contributed by atoms with Crippen molar-refractivity contribution in [1.82, 2.24) is 9.13 Å². The molecule has 10 aromatic carbocycles. The fourth-order valence-electron chi connectivity index (χ4n) is 12.1. The van der Waals surface area contributed by atoms with Gasteiger partial charge in [-0.25, -0.2) is 0 Å². The molecule has 2 aromatic heterocycles. The summed E-state index contributed by atoms with van der Waals surface area (Å²) in [7, 11) is 0. The van der Waals surface area contributed by atoms with Crippen LogP contribution >= 0.6 is 0 Å². The van der Waals surface area contributed by atoms with E-state index in [4.69, 9.17) is 0 Å². The van der Waals surface area contributed by atoms with Gasteiger partial charge in [-0.1, -0.05) is 196 Å². The van der Waals surface area contributed by atoms with E-state index >= 15 is 0 Å². The summed E-state index contributed by atoms with van der Waals surface area (Å²) in [5, 5.41) is 9.08. The highest BCUT2D eigenvalue weighted by Crippen LogP contribution is 2.50. The van der Waals surface area contributed by atoms with Crippen LogP contribution in [0.5, 0.6) is 0 Å². The first-order valence-electron chi connectivity index (χ1n) is 23.1. The molecule has 0 fully saturated rings. The van der Waals surface area contributed by atoms with Gasteiger partial charge in [-0.15, -0.1) is 0 Å². The van der Waals surface area contributed by atoms with Gasteiger partial charge < -0.3 is 9.13 Å². The van der Waals surface area contributed by atoms with Crippen LogP contribution < -0.4 is 16.4 Å². The lowest BCUT2D eigenvalue weighted by Gasteiger charge is -2.35. The van der Waals surface area contributed by atoms with Gasteiger partial charge in [0.2, 0.25) is 0 Å². The molecule has 0 N–H and O–H groups in total. The number of nitrogens with zero attached hydrogens (tertiary/aromatic N) is 2. The third-order valence-electron chi connectivity index (χ3n) is 14.7. The molecule has 2 aliphatic heterocycles. The smallest absolute Gasteiger partial charge is 0.252 e. The maximum Gasteiger partial charge on any atom is 0.252 e. The molecular formula is C62H43BN2. The third-order valence-corrected chi connectivity index (χ3v) is 14.7. The van der Waals surface area contributed by atoms with E-state index in [1.54, 1.807) is 0 Å². The normalized spacial score (nSPS) is 12.6. The Morgan fingerprint density at radius 2 is 0.954 bits per heavy atom. The van der Waals surface area contributed by atoms with Crippen molar-refractivity contribution in [2.45, 2.75) is 26.7 Å². The van der Waals surface area contributed by atoms with Crippen molar-refractivity contribution < 1.29 is 0 Å². The van der Waals surface area contributed by atoms with E-state index in [0.29, 0.717) is 5.92 Å². The van der Waals surface area contributed by atoms with E-state index in [0.717, 1.165) is 0 Å². The zero-order chi connectivity index (χ0) is 43.1. The molecule has 65 heavy (non-hydrogen) atoms. The van der Waals surface area contributed by atoms with Crippen molar-refractivity contribution in [3.63, 3.8) is 0 Å². The number of hydrogen-bond acceptors (Lipinski definition) is 0. The highest BCUT2D eigenvalue weighted by molar-refractivity contribution is 7.00. The van der Waals surface area contributed by atoms with Gasteiger partial charge in [0.25, 0.3) is 6.71 Å². The van der Waals surface area contributed by atoms with Gasteiger partial charge >= 0.3 is 0 Å². The van der Waals surface area contributed by atoms with Gasteiger partial charge in [-0.05, 0) is 108 Å². The van der Waals surface area contributed by atoms with E-state index in [1.165, 1.54) is 138 Å². The Balaban J connectivity index is 1.25. The molecule has 304 valence electrons. The molecule has 0 unspecified atom stereocenters. The molecule has 0 spiro atoms. The summed E-state index contributed by atoms with van der Waals surface area (Å²) in [6.45, 7) is 6.92. The van der Waals surface area contributed by atoms with Crippen LogP contribution in [0.2, 0.25) is 0 Å². The highest BCUT2D eigenvalue weighted by atomic mass is 15.0. The quantitative estimate of drug-likeness (QED) is 0.121. The lowest BCUT2D eigenvalue weighted by molar-refractivity contribution is 0.868. The van der Waals surface area contributed by atoms with E-state index in [2.05, 4.69) is 230 Å². The Hall–Kier alpha value is -7.88. The van der Waals surface area contributed by atoms with Crippen LogP contribution in [0.1, 0.15) is 30.9 Å². The molecule has 3 heteroatoms. The third kappa shape index (κ3) is 4.96. The maximum atomic E-state index is 2.68. The second-order valence-corrected chi connectivity index (χ2v) is 18.6. The molecule has 0 saturated heterocycles. The van der Waals surface area contributed by atoms with Gasteiger partial charge in [-0.2, -0.15) is 0 Å². The second kappa shape index (κ2) is 13.6. The van der Waals surface area contributed by atoms with Crippen LogP contribution in [0.25, 0.3) is 110 Å². The van der Waals surface area contributed by atoms with Gasteiger partial charge in [0, 0.05) is 44.0 Å². The van der Waals surface area contributed by atoms with Crippen LogP contribution in [0.15, 0.2) is 200 Å². The Bertz CT molecular complexity index is 3950. The number of fused-ring (bicyclic) bond motifs is 10. The molecule has 12 aromatic rings. The molecule has 4 heterocycles. The summed E-state index contributed by atoms with van der Waals surface area (Å²) in [6, 6.07) is 75.5. The van der Waals surface area contributed by atoms with Gasteiger partial charge in [0.05, 0.1) is 16.7 Å². The number of hydrogen-bond donors (Lipinski definition) is 0. The molecule has 0 saturated carbocycles. The average Bonchev–Trinajstić information content (AvgIpc) is 3.89. The molecule has 0 radical (unpaired) electrons. The highest BCUT2D eigenvalue weighted by Gasteiger charge is 2.43. The molecule has 0 atom stereocenters. The lowest BCUT2D eigenvalue weighted by atomic mass is 9.34. The van der Waals surface area contributed by atoms with Crippen molar-refractivity contribution in [3.05, 3.63) is 211 Å². The fourth-order valence-corrected chi connectivity index (χ4v) is 12.1. The molecule has 0 amide bonds. The minimum atomic E-state index is -0.0116. The van der Waals surface area contributed by atoms with Crippen LogP contribution in [0.3, 0.4) is 0 Å². The number of para-hydroxylation sites is 1. The van der Waals surface area contributed by atoms with E-state index in [-0.39, 0.29) is 6.71 Å². The van der Waals surface area contributed by atoms with E-state index in [9.17, 15) is 0 Å². The Labute approximate surface area is 378 Å². The average molecular weight is 827 g/mol. The molecule has 2 aliphatic rings. The molecule has 2 nitrogen and oxygen atoms in total. The van der Waals surface area contributed by atoms with Gasteiger partial charge in [0.15, 0.2) is 0 Å². The molecule has 0 aliphatic carbocycles. The van der Waals surface area contributed by atoms with E-state index in [1.807, 2.05) is 0 Å². The van der Waals surface area contributed by atoms with Crippen LogP contribution in [-0.2, 0) is 0 Å². The predicted molar refractivity (Wildman–Crippen MR) is 278 cm³/mol. The zero-order valence-electron chi connectivity index (χ0n) is 36.6. The van der Waals surface area contributed by atoms with Crippen LogP contribution in [0.4, 0.5) is 0 Å². The zero-order valence-corrected chi connectivity index (χ0v) is 36.6. The standard InChI is InChI=1S/C62H43BN2/c1-37(2)43-31-32-46-51(35-43)64-52-33-38(3)34-53-59(52)63(49-30-18-29-47-56(41-23-12-6-13-24-41)60(65(53)61(47)49)42-25-14-7-15-26-42)50-36-48-54(39-19-8-4-9-20-39)44-27-16-17-28-45(44)55(40-21-10-5-11-22-40)57(48)58(46)62(50)64/h4-37H,1-3H3. The number of aromatic nitrogens is 2. The minimum absolute atomic E-state index is 0.0116. The Morgan fingerprint density at radius 1 is 0.400 bits per heavy atom. The Kier molecular flexibility index (Phi) is 7.64. The lowest BCUT2D eigenvalue weighted by Crippen LogP contribution is -2.59. The van der Waals surface area contributed by atoms with Crippen molar-refractivity contribution in [2.24, 2.45) is 0 Å². The van der Waals surface area contributed by atoms with E-state index < -0.39 is 0 Å². The summed E-state index contributed by atoms with van der Waals surface area (Å²) in [5.74, 6) is 0.377. The van der Waals surface area contributed by atoms with Crippen molar-refractivity contribution in [2.75, 3.05) is 0 Å². The summed E-state index contributed by atoms with van der Waals surface area (Å²) in [5.41, 5.74) is 23.1. The van der Waals surface area contributed by atoms with Crippen molar-refractivity contribution >= 4 is 77.4 Å². The SMILES string of the molecule is Cc1cc2c3c(c1)-n1c4cc(C(C)C)ccc4c4c5c(-c6ccccc6)c6ccccc6c(-c6ccccc6)c5cc(c41)B3c1cccc3c(-c4ccccc4)c(-c4ccccc4)n-2c13. The largest absolute Gasteiger partial charge is 0.310 e. The fraction of sp³-hybridized carbons (Fsp3) is 0.0645. The molecular weight excluding hydrogens is 784 g/mol. The summed E-state index contributed by atoms with van der Waals surface area (Å²) >= 11 is 0. The van der Waals surface area contributed by atoms with Gasteiger partial charge in [0.1, 0.15) is 0 Å². The number of rotatable bonds is 5. The predicted octanol–water partition coefficient (Wildman–Crippen LogP) is 14.3. The second-order valence-electron chi connectivity index (χ2n) is 18.6. The van der Waals surface area contributed by atoms with Gasteiger partial charge in [-0.3, -0.25) is 0 Å². The summed E-state index contributed by atoms with van der Waals surface area (Å²) in [6.07, 6.45) is 0. The van der Waals surface area contributed by atoms with Crippen LogP contribution in [0, 0.1) is 6.92 Å². The maximum absolute atomic E-state index is 2.68. The first kappa shape index (κ1) is 36.6. The number of aryl methyl sites for hydroxylation is 1. The Morgan fingerprint density at radius 3 is 1.60 bits per heavy atom.